The second-order valence-electron chi connectivity index (χ2n) is 5.10. The highest BCUT2D eigenvalue weighted by Gasteiger charge is 2.11. The molecule has 0 heterocycles. The van der Waals surface area contributed by atoms with Crippen LogP contribution in [-0.4, -0.2) is 26.8 Å². The van der Waals surface area contributed by atoms with E-state index in [4.69, 9.17) is 31.5 Å². The standard InChI is InChI=1S/C18H22ClN3O3/c1-4-25-17-15(19)9-12(10-16(17)24-3)11-21-18(20)22-13-5-7-14(23-2)8-6-13/h5-10H,4,11H2,1-3H3,(H3,20,21,22). The molecule has 0 bridgehead atoms. The Kier molecular flexibility index (Phi) is 6.77. The molecule has 0 spiro atoms. The van der Waals surface area contributed by atoms with Gasteiger partial charge >= 0.3 is 0 Å². The highest BCUT2D eigenvalue weighted by molar-refractivity contribution is 6.32. The van der Waals surface area contributed by atoms with Gasteiger partial charge in [0.15, 0.2) is 17.5 Å². The topological polar surface area (TPSA) is 78.1 Å². The van der Waals surface area contributed by atoms with Gasteiger partial charge in [0.1, 0.15) is 5.75 Å². The second kappa shape index (κ2) is 9.03. The van der Waals surface area contributed by atoms with E-state index in [-0.39, 0.29) is 0 Å². The first-order chi connectivity index (χ1) is 12.1. The Morgan fingerprint density at radius 1 is 1.16 bits per heavy atom. The third-order valence-corrected chi connectivity index (χ3v) is 3.65. The second-order valence-corrected chi connectivity index (χ2v) is 5.50. The van der Waals surface area contributed by atoms with E-state index in [2.05, 4.69) is 10.3 Å². The van der Waals surface area contributed by atoms with Gasteiger partial charge in [0.25, 0.3) is 0 Å². The predicted molar refractivity (Wildman–Crippen MR) is 101 cm³/mol. The van der Waals surface area contributed by atoms with Crippen LogP contribution < -0.4 is 25.3 Å². The number of halogens is 1. The van der Waals surface area contributed by atoms with Crippen molar-refractivity contribution in [1.82, 2.24) is 0 Å². The van der Waals surface area contributed by atoms with Crippen molar-refractivity contribution in [3.8, 4) is 17.2 Å². The first-order valence-corrected chi connectivity index (χ1v) is 8.15. The molecule has 0 fully saturated rings. The molecule has 0 amide bonds. The van der Waals surface area contributed by atoms with Crippen LogP contribution in [0.25, 0.3) is 0 Å². The van der Waals surface area contributed by atoms with Crippen LogP contribution in [0.3, 0.4) is 0 Å². The lowest BCUT2D eigenvalue weighted by Gasteiger charge is -2.12. The first kappa shape index (κ1) is 18.7. The number of aliphatic imine (C=N–C) groups is 1. The molecule has 0 unspecified atom stereocenters. The Morgan fingerprint density at radius 2 is 1.88 bits per heavy atom. The summed E-state index contributed by atoms with van der Waals surface area (Å²) in [6, 6.07) is 11.0. The summed E-state index contributed by atoms with van der Waals surface area (Å²) in [6.45, 7) is 2.75. The van der Waals surface area contributed by atoms with E-state index in [9.17, 15) is 0 Å². The lowest BCUT2D eigenvalue weighted by Crippen LogP contribution is -2.22. The van der Waals surface area contributed by atoms with Crippen LogP contribution in [0, 0.1) is 0 Å². The highest BCUT2D eigenvalue weighted by Crippen LogP contribution is 2.36. The minimum absolute atomic E-state index is 0.300. The fourth-order valence-electron chi connectivity index (χ4n) is 2.19. The Labute approximate surface area is 152 Å². The zero-order valence-electron chi connectivity index (χ0n) is 14.5. The van der Waals surface area contributed by atoms with Gasteiger partial charge in [-0.15, -0.1) is 0 Å². The summed E-state index contributed by atoms with van der Waals surface area (Å²) in [5.74, 6) is 2.18. The molecular weight excluding hydrogens is 342 g/mol. The predicted octanol–water partition coefficient (Wildman–Crippen LogP) is 3.68. The molecule has 2 aromatic carbocycles. The molecule has 0 saturated carbocycles. The maximum Gasteiger partial charge on any atom is 0.193 e. The van der Waals surface area contributed by atoms with Gasteiger partial charge in [-0.3, -0.25) is 0 Å². The number of nitrogens with two attached hydrogens (primary N) is 1. The van der Waals surface area contributed by atoms with Crippen molar-refractivity contribution in [1.29, 1.82) is 0 Å². The Balaban J connectivity index is 2.07. The number of nitrogens with one attached hydrogen (secondary N) is 1. The highest BCUT2D eigenvalue weighted by atomic mass is 35.5. The summed E-state index contributed by atoms with van der Waals surface area (Å²) >= 11 is 6.25. The largest absolute Gasteiger partial charge is 0.497 e. The van der Waals surface area contributed by atoms with Crippen molar-refractivity contribution in [3.63, 3.8) is 0 Å². The Morgan fingerprint density at radius 3 is 2.48 bits per heavy atom. The molecule has 0 saturated heterocycles. The average molecular weight is 364 g/mol. The minimum Gasteiger partial charge on any atom is -0.497 e. The fraction of sp³-hybridized carbons (Fsp3) is 0.278. The number of nitrogens with zero attached hydrogens (tertiary/aromatic N) is 1. The van der Waals surface area contributed by atoms with E-state index >= 15 is 0 Å². The van der Waals surface area contributed by atoms with Crippen LogP contribution in [0.1, 0.15) is 12.5 Å². The number of anilines is 1. The van der Waals surface area contributed by atoms with Gasteiger partial charge in [0.2, 0.25) is 0 Å². The molecule has 7 heteroatoms. The Bertz CT molecular complexity index is 733. The summed E-state index contributed by atoms with van der Waals surface area (Å²) < 4.78 is 15.9. The van der Waals surface area contributed by atoms with Crippen LogP contribution in [0.2, 0.25) is 5.02 Å². The normalized spacial score (nSPS) is 11.1. The third-order valence-electron chi connectivity index (χ3n) is 3.37. The van der Waals surface area contributed by atoms with Crippen molar-refractivity contribution in [2.24, 2.45) is 10.7 Å². The zero-order chi connectivity index (χ0) is 18.2. The van der Waals surface area contributed by atoms with E-state index in [0.29, 0.717) is 35.6 Å². The van der Waals surface area contributed by atoms with Gasteiger partial charge in [-0.05, 0) is 48.9 Å². The third kappa shape index (κ3) is 5.19. The lowest BCUT2D eigenvalue weighted by molar-refractivity contribution is 0.311. The fourth-order valence-corrected chi connectivity index (χ4v) is 2.47. The number of hydrogen-bond donors (Lipinski definition) is 2. The SMILES string of the molecule is CCOc1c(Cl)cc(CN=C(N)Nc2ccc(OC)cc2)cc1OC. The number of guanidine groups is 1. The van der Waals surface area contributed by atoms with E-state index < -0.39 is 0 Å². The molecule has 0 aliphatic heterocycles. The Hall–Kier alpha value is -2.60. The van der Waals surface area contributed by atoms with E-state index in [1.165, 1.54) is 0 Å². The molecule has 0 atom stereocenters. The molecular formula is C18H22ClN3O3. The molecule has 0 aromatic heterocycles. The maximum absolute atomic E-state index is 6.25. The molecule has 2 rings (SSSR count). The van der Waals surface area contributed by atoms with Gasteiger partial charge in [-0.25, -0.2) is 4.99 Å². The number of hydrogen-bond acceptors (Lipinski definition) is 4. The summed E-state index contributed by atoms with van der Waals surface area (Å²) in [4.78, 5) is 4.32. The number of rotatable bonds is 7. The van der Waals surface area contributed by atoms with Crippen molar-refractivity contribution >= 4 is 23.2 Å². The summed E-state index contributed by atoms with van der Waals surface area (Å²) in [5, 5.41) is 3.50. The van der Waals surface area contributed by atoms with E-state index in [1.54, 1.807) is 20.3 Å². The van der Waals surface area contributed by atoms with Gasteiger partial charge < -0.3 is 25.3 Å². The maximum atomic E-state index is 6.25. The molecule has 25 heavy (non-hydrogen) atoms. The van der Waals surface area contributed by atoms with Crippen molar-refractivity contribution in [3.05, 3.63) is 47.0 Å². The first-order valence-electron chi connectivity index (χ1n) is 7.77. The summed E-state index contributed by atoms with van der Waals surface area (Å²) in [7, 11) is 3.19. The van der Waals surface area contributed by atoms with Crippen LogP contribution in [0.15, 0.2) is 41.4 Å². The summed E-state index contributed by atoms with van der Waals surface area (Å²) in [6.07, 6.45) is 0. The molecule has 6 nitrogen and oxygen atoms in total. The molecule has 134 valence electrons. The van der Waals surface area contributed by atoms with E-state index in [1.807, 2.05) is 37.3 Å². The van der Waals surface area contributed by atoms with Gasteiger partial charge in [0, 0.05) is 5.69 Å². The molecule has 0 aliphatic carbocycles. The molecule has 0 aliphatic rings. The minimum atomic E-state index is 0.300. The van der Waals surface area contributed by atoms with Crippen LogP contribution >= 0.6 is 11.6 Å². The van der Waals surface area contributed by atoms with E-state index in [0.717, 1.165) is 17.0 Å². The molecule has 3 N–H and O–H groups in total. The quantitative estimate of drug-likeness (QED) is 0.579. The molecule has 2 aromatic rings. The average Bonchev–Trinajstić information content (AvgIpc) is 2.62. The smallest absolute Gasteiger partial charge is 0.193 e. The van der Waals surface area contributed by atoms with Crippen LogP contribution in [0.4, 0.5) is 5.69 Å². The van der Waals surface area contributed by atoms with Crippen molar-refractivity contribution in [2.45, 2.75) is 13.5 Å². The number of methoxy groups -OCH3 is 2. The number of ether oxygens (including phenoxy) is 3. The van der Waals surface area contributed by atoms with Crippen LogP contribution in [-0.2, 0) is 6.54 Å². The van der Waals surface area contributed by atoms with Gasteiger partial charge in [-0.1, -0.05) is 11.6 Å². The van der Waals surface area contributed by atoms with Crippen molar-refractivity contribution < 1.29 is 14.2 Å². The van der Waals surface area contributed by atoms with Crippen molar-refractivity contribution in [2.75, 3.05) is 26.1 Å². The summed E-state index contributed by atoms with van der Waals surface area (Å²) in [5.41, 5.74) is 7.62. The molecule has 0 radical (unpaired) electrons. The monoisotopic (exact) mass is 363 g/mol. The van der Waals surface area contributed by atoms with Gasteiger partial charge in [0.05, 0.1) is 32.4 Å². The number of benzene rings is 2. The van der Waals surface area contributed by atoms with Gasteiger partial charge in [-0.2, -0.15) is 0 Å². The lowest BCUT2D eigenvalue weighted by atomic mass is 10.2. The van der Waals surface area contributed by atoms with Crippen LogP contribution in [0.5, 0.6) is 17.2 Å². The zero-order valence-corrected chi connectivity index (χ0v) is 15.3.